The molecule has 0 N–H and O–H groups in total. The van der Waals surface area contributed by atoms with E-state index in [0.717, 1.165) is 141 Å². The molecule has 0 aromatic rings. The van der Waals surface area contributed by atoms with Crippen molar-refractivity contribution in [2.24, 2.45) is 0 Å². The molecule has 0 saturated carbocycles. The lowest BCUT2D eigenvalue weighted by Gasteiger charge is -2.18. The van der Waals surface area contributed by atoms with Crippen LogP contribution in [0, 0.1) is 0 Å². The zero-order valence-electron chi connectivity index (χ0n) is 50.8. The molecule has 0 aromatic carbocycles. The summed E-state index contributed by atoms with van der Waals surface area (Å²) in [6, 6.07) is 0. The highest BCUT2D eigenvalue weighted by molar-refractivity contribution is 5.71. The second-order valence-electron chi connectivity index (χ2n) is 20.6. The topological polar surface area (TPSA) is 78.9 Å². The third-order valence-electron chi connectivity index (χ3n) is 13.0. The molecule has 0 aliphatic carbocycles. The Labute approximate surface area is 486 Å². The maximum atomic E-state index is 12.9. The SMILES string of the molecule is CC/C=C\C/C=C\C/C=C\C/C=C\C/C=C\C/C=C\C/C=C\C/C=C\C/C=C\CCCC(=O)OCC(COC(=O)CCCCCCC/C=C\C/C=C\CCCC)OC(=O)CCCCCCCCC/C=C\C/C=C\CCCCCC. The van der Waals surface area contributed by atoms with Gasteiger partial charge in [-0.1, -0.05) is 262 Å². The van der Waals surface area contributed by atoms with E-state index in [1.807, 2.05) is 0 Å². The fourth-order valence-corrected chi connectivity index (χ4v) is 8.20. The highest BCUT2D eigenvalue weighted by atomic mass is 16.6. The van der Waals surface area contributed by atoms with Crippen LogP contribution in [0.5, 0.6) is 0 Å². The van der Waals surface area contributed by atoms with Gasteiger partial charge in [-0.25, -0.2) is 0 Å². The molecule has 6 nitrogen and oxygen atoms in total. The molecule has 0 fully saturated rings. The van der Waals surface area contributed by atoms with Crippen LogP contribution in [-0.2, 0) is 28.6 Å². The van der Waals surface area contributed by atoms with Gasteiger partial charge in [0.25, 0.3) is 0 Å². The van der Waals surface area contributed by atoms with Gasteiger partial charge in [0.05, 0.1) is 0 Å². The molecule has 1 unspecified atom stereocenters. The van der Waals surface area contributed by atoms with Gasteiger partial charge in [0.2, 0.25) is 0 Å². The molecule has 79 heavy (non-hydrogen) atoms. The van der Waals surface area contributed by atoms with Gasteiger partial charge < -0.3 is 14.2 Å². The minimum Gasteiger partial charge on any atom is -0.462 e. The monoisotopic (exact) mass is 1090 g/mol. The number of hydrogen-bond donors (Lipinski definition) is 0. The number of ether oxygens (including phenoxy) is 3. The highest BCUT2D eigenvalue weighted by Crippen LogP contribution is 2.14. The van der Waals surface area contributed by atoms with Crippen LogP contribution in [0.15, 0.2) is 158 Å². The Bertz CT molecular complexity index is 1780. The molecule has 0 amide bonds. The van der Waals surface area contributed by atoms with Gasteiger partial charge >= 0.3 is 17.9 Å². The maximum absolute atomic E-state index is 12.9. The lowest BCUT2D eigenvalue weighted by atomic mass is 10.1. The van der Waals surface area contributed by atoms with Gasteiger partial charge in [0, 0.05) is 19.3 Å². The summed E-state index contributed by atoms with van der Waals surface area (Å²) < 4.78 is 16.8. The molecule has 0 radical (unpaired) electrons. The lowest BCUT2D eigenvalue weighted by Crippen LogP contribution is -2.30. The van der Waals surface area contributed by atoms with Crippen LogP contribution in [0.4, 0.5) is 0 Å². The van der Waals surface area contributed by atoms with E-state index in [-0.39, 0.29) is 37.5 Å². The summed E-state index contributed by atoms with van der Waals surface area (Å²) in [5.41, 5.74) is 0. The maximum Gasteiger partial charge on any atom is 0.306 e. The molecule has 0 aromatic heterocycles. The van der Waals surface area contributed by atoms with Crippen molar-refractivity contribution < 1.29 is 28.6 Å². The van der Waals surface area contributed by atoms with Crippen LogP contribution in [0.1, 0.15) is 265 Å². The minimum absolute atomic E-state index is 0.113. The smallest absolute Gasteiger partial charge is 0.306 e. The van der Waals surface area contributed by atoms with Gasteiger partial charge in [-0.3, -0.25) is 14.4 Å². The molecule has 0 rings (SSSR count). The molecule has 0 heterocycles. The van der Waals surface area contributed by atoms with Crippen LogP contribution in [0.25, 0.3) is 0 Å². The quantitative estimate of drug-likeness (QED) is 0.0261. The zero-order chi connectivity index (χ0) is 57.1. The summed E-state index contributed by atoms with van der Waals surface area (Å²) in [5, 5.41) is 0. The van der Waals surface area contributed by atoms with Crippen molar-refractivity contribution in [1.82, 2.24) is 0 Å². The van der Waals surface area contributed by atoms with E-state index < -0.39 is 6.10 Å². The van der Waals surface area contributed by atoms with Crippen molar-refractivity contribution in [2.45, 2.75) is 271 Å². The molecule has 0 bridgehead atoms. The van der Waals surface area contributed by atoms with E-state index in [1.165, 1.54) is 77.0 Å². The molecular weight excluding hydrogens is 973 g/mol. The predicted octanol–water partition coefficient (Wildman–Crippen LogP) is 22.1. The Morgan fingerprint density at radius 1 is 0.266 bits per heavy atom. The first-order valence-electron chi connectivity index (χ1n) is 32.0. The van der Waals surface area contributed by atoms with E-state index in [9.17, 15) is 14.4 Å². The number of unbranched alkanes of at least 4 members (excludes halogenated alkanes) is 19. The molecule has 444 valence electrons. The van der Waals surface area contributed by atoms with Crippen molar-refractivity contribution in [3.63, 3.8) is 0 Å². The summed E-state index contributed by atoms with van der Waals surface area (Å²) in [7, 11) is 0. The van der Waals surface area contributed by atoms with Gasteiger partial charge in [-0.05, 0) is 141 Å². The predicted molar refractivity (Wildman–Crippen MR) is 343 cm³/mol. The van der Waals surface area contributed by atoms with Crippen LogP contribution in [-0.4, -0.2) is 37.2 Å². The number of esters is 3. The fourth-order valence-electron chi connectivity index (χ4n) is 8.20. The number of hydrogen-bond acceptors (Lipinski definition) is 6. The Hall–Kier alpha value is -4.97. The van der Waals surface area contributed by atoms with E-state index in [4.69, 9.17) is 14.2 Å². The van der Waals surface area contributed by atoms with E-state index in [0.29, 0.717) is 19.3 Å². The third-order valence-corrected chi connectivity index (χ3v) is 13.0. The van der Waals surface area contributed by atoms with Crippen LogP contribution >= 0.6 is 0 Å². The van der Waals surface area contributed by atoms with E-state index in [1.54, 1.807) is 0 Å². The van der Waals surface area contributed by atoms with Crippen molar-refractivity contribution in [1.29, 1.82) is 0 Å². The van der Waals surface area contributed by atoms with Gasteiger partial charge in [-0.15, -0.1) is 0 Å². The molecule has 1 atom stereocenters. The normalized spacial score (nSPS) is 13.2. The second kappa shape index (κ2) is 65.5. The molecule has 0 aliphatic rings. The van der Waals surface area contributed by atoms with E-state index >= 15 is 0 Å². The molecule has 6 heteroatoms. The van der Waals surface area contributed by atoms with Crippen molar-refractivity contribution in [3.05, 3.63) is 158 Å². The minimum atomic E-state index is -0.820. The van der Waals surface area contributed by atoms with Gasteiger partial charge in [0.1, 0.15) is 13.2 Å². The van der Waals surface area contributed by atoms with Crippen LogP contribution < -0.4 is 0 Å². The summed E-state index contributed by atoms with van der Waals surface area (Å²) in [6.07, 6.45) is 95.3. The summed E-state index contributed by atoms with van der Waals surface area (Å²) in [4.78, 5) is 38.3. The molecule has 0 saturated heterocycles. The lowest BCUT2D eigenvalue weighted by molar-refractivity contribution is -0.167. The average molecular weight is 1090 g/mol. The Kier molecular flexibility index (Phi) is 61.4. The summed E-state index contributed by atoms with van der Waals surface area (Å²) in [5.74, 6) is -0.999. The zero-order valence-corrected chi connectivity index (χ0v) is 50.8. The summed E-state index contributed by atoms with van der Waals surface area (Å²) >= 11 is 0. The average Bonchev–Trinajstić information content (AvgIpc) is 3.45. The van der Waals surface area contributed by atoms with Crippen molar-refractivity contribution in [2.75, 3.05) is 13.2 Å². The van der Waals surface area contributed by atoms with Gasteiger partial charge in [-0.2, -0.15) is 0 Å². The third kappa shape index (κ3) is 63.7. The Balaban J connectivity index is 4.49. The number of carbonyl (C=O) groups excluding carboxylic acids is 3. The van der Waals surface area contributed by atoms with Crippen LogP contribution in [0.2, 0.25) is 0 Å². The second-order valence-corrected chi connectivity index (χ2v) is 20.6. The van der Waals surface area contributed by atoms with Crippen LogP contribution in [0.3, 0.4) is 0 Å². The first-order valence-corrected chi connectivity index (χ1v) is 32.0. The molecular formula is C73H116O6. The molecule has 0 spiro atoms. The standard InChI is InChI=1S/C73H116O6/c1-4-7-10-13-16-19-22-25-28-30-32-33-34-35-36-37-38-39-40-41-42-44-45-48-51-54-57-60-63-66-72(75)78-69-70(68-77-71(74)65-62-59-56-53-50-47-27-24-21-18-15-12-9-6-3)79-73(76)67-64-61-58-55-52-49-46-43-31-29-26-23-20-17-14-11-8-5-2/h7,10,15-16,18-20,23-25,27-29,31-33,35-36,38-39,41-42,45,48,54,57,70H,4-6,8-9,11-14,17,21-22,26,30,34,37,40,43-44,46-47,49-53,55-56,58-69H2,1-3H3/b10-7-,18-15-,19-16-,23-20-,27-24-,28-25-,31-29-,33-32-,36-35-,39-38-,42-41-,48-45-,57-54-. The number of rotatable bonds is 56. The Morgan fingerprint density at radius 3 is 0.861 bits per heavy atom. The first-order chi connectivity index (χ1) is 39.0. The summed E-state index contributed by atoms with van der Waals surface area (Å²) in [6.45, 7) is 6.40. The number of allylic oxidation sites excluding steroid dienone is 26. The van der Waals surface area contributed by atoms with Crippen molar-refractivity contribution in [3.8, 4) is 0 Å². The molecule has 0 aliphatic heterocycles. The Morgan fingerprint density at radius 2 is 0.519 bits per heavy atom. The largest absolute Gasteiger partial charge is 0.462 e. The van der Waals surface area contributed by atoms with E-state index in [2.05, 4.69) is 179 Å². The van der Waals surface area contributed by atoms with Crippen molar-refractivity contribution >= 4 is 17.9 Å². The number of carbonyl (C=O) groups is 3. The first kappa shape index (κ1) is 74.0. The highest BCUT2D eigenvalue weighted by Gasteiger charge is 2.19. The van der Waals surface area contributed by atoms with Gasteiger partial charge in [0.15, 0.2) is 6.10 Å². The fraction of sp³-hybridized carbons (Fsp3) is 0.603.